The lowest BCUT2D eigenvalue weighted by atomic mass is 10.2. The normalized spacial score (nSPS) is 11.2. The fourth-order valence-electron chi connectivity index (χ4n) is 3.58. The average molecular weight is 555 g/mol. The van der Waals surface area contributed by atoms with Crippen molar-refractivity contribution in [3.63, 3.8) is 0 Å². The Labute approximate surface area is 221 Å². The molecule has 0 bridgehead atoms. The number of aliphatic hydroxyl groups is 1. The number of nitrogens with zero attached hydrogens (tertiary/aromatic N) is 4. The van der Waals surface area contributed by atoms with Gasteiger partial charge in [0.2, 0.25) is 6.41 Å². The molecule has 0 atom stereocenters. The van der Waals surface area contributed by atoms with Gasteiger partial charge >= 0.3 is 12.4 Å². The summed E-state index contributed by atoms with van der Waals surface area (Å²) in [4.78, 5) is 32.3. The number of hydrogen-bond donors (Lipinski definition) is 1. The molecular weight excluding hydrogens is 529 g/mol. The van der Waals surface area contributed by atoms with Gasteiger partial charge in [-0.05, 0) is 43.2 Å². The zero-order chi connectivity index (χ0) is 27.9. The molecule has 9 nitrogen and oxygen atoms in total. The molecule has 38 heavy (non-hydrogen) atoms. The van der Waals surface area contributed by atoms with Crippen molar-refractivity contribution in [2.75, 3.05) is 31.6 Å². The number of halogens is 4. The highest BCUT2D eigenvalue weighted by molar-refractivity contribution is 6.30. The predicted octanol–water partition coefficient (Wildman–Crippen LogP) is 4.71. The van der Waals surface area contributed by atoms with Crippen LogP contribution in [-0.4, -0.2) is 65.0 Å². The fourth-order valence-corrected chi connectivity index (χ4v) is 3.71. The number of carbonyl (C=O) groups excluding carboxylic acids is 2. The van der Waals surface area contributed by atoms with Gasteiger partial charge in [-0.1, -0.05) is 29.8 Å². The van der Waals surface area contributed by atoms with Crippen molar-refractivity contribution < 1.29 is 37.3 Å². The predicted molar refractivity (Wildman–Crippen MR) is 134 cm³/mol. The number of rotatable bonds is 12. The quantitative estimate of drug-likeness (QED) is 0.326. The van der Waals surface area contributed by atoms with E-state index in [1.807, 2.05) is 0 Å². The van der Waals surface area contributed by atoms with E-state index in [0.29, 0.717) is 30.0 Å². The van der Waals surface area contributed by atoms with E-state index in [0.717, 1.165) is 17.0 Å². The maximum atomic E-state index is 13.7. The molecule has 1 aromatic heterocycles. The molecule has 1 heterocycles. The van der Waals surface area contributed by atoms with Gasteiger partial charge in [0.1, 0.15) is 11.5 Å². The van der Waals surface area contributed by atoms with Crippen LogP contribution >= 0.6 is 11.6 Å². The molecule has 3 rings (SSSR count). The highest BCUT2D eigenvalue weighted by Gasteiger charge is 2.32. The standard InChI is InChI=1S/C25H26ClF3N4O5/c1-3-32(12-5-13-34)23(36)21-22(31(2)16-35)30-24(33(21)15-17-8-10-18(26)11-9-17)37-19-6-4-7-20(14-19)38-25(27,28)29/h4,6-11,14,16,34H,3,5,12-13,15H2,1-2H3. The lowest BCUT2D eigenvalue weighted by molar-refractivity contribution is -0.274. The Hall–Kier alpha value is -3.77. The minimum atomic E-state index is -4.90. The zero-order valence-corrected chi connectivity index (χ0v) is 21.4. The average Bonchev–Trinajstić information content (AvgIpc) is 3.21. The Balaban J connectivity index is 2.14. The molecule has 0 fully saturated rings. The molecule has 0 aliphatic carbocycles. The lowest BCUT2D eigenvalue weighted by Gasteiger charge is -2.23. The Bertz CT molecular complexity index is 1250. The van der Waals surface area contributed by atoms with Crippen molar-refractivity contribution in [2.45, 2.75) is 26.3 Å². The van der Waals surface area contributed by atoms with Gasteiger partial charge in [0.05, 0.1) is 6.54 Å². The van der Waals surface area contributed by atoms with Crippen molar-refractivity contribution in [3.8, 4) is 17.5 Å². The number of ether oxygens (including phenoxy) is 2. The number of hydrogen-bond acceptors (Lipinski definition) is 6. The second-order valence-electron chi connectivity index (χ2n) is 8.08. The third-order valence-corrected chi connectivity index (χ3v) is 5.62. The van der Waals surface area contributed by atoms with Crippen molar-refractivity contribution in [1.82, 2.24) is 14.5 Å². The number of amides is 2. The van der Waals surface area contributed by atoms with Gasteiger partial charge in [0.25, 0.3) is 5.91 Å². The highest BCUT2D eigenvalue weighted by atomic mass is 35.5. The summed E-state index contributed by atoms with van der Waals surface area (Å²) in [5.41, 5.74) is 0.727. The van der Waals surface area contributed by atoms with Crippen LogP contribution in [0.15, 0.2) is 48.5 Å². The Kier molecular flexibility index (Phi) is 9.59. The molecule has 13 heteroatoms. The molecule has 204 valence electrons. The summed E-state index contributed by atoms with van der Waals surface area (Å²) in [6, 6.07) is 11.5. The number of anilines is 1. The first kappa shape index (κ1) is 28.8. The molecule has 0 unspecified atom stereocenters. The summed E-state index contributed by atoms with van der Waals surface area (Å²) in [7, 11) is 1.41. The summed E-state index contributed by atoms with van der Waals surface area (Å²) in [6.45, 7) is 2.25. The molecule has 1 N–H and O–H groups in total. The van der Waals surface area contributed by atoms with Crippen LogP contribution in [-0.2, 0) is 11.3 Å². The molecule has 0 aliphatic rings. The van der Waals surface area contributed by atoms with Crippen LogP contribution in [0.3, 0.4) is 0 Å². The number of carbonyl (C=O) groups is 2. The monoisotopic (exact) mass is 554 g/mol. The molecule has 3 aromatic rings. The van der Waals surface area contributed by atoms with Gasteiger partial charge in [-0.2, -0.15) is 4.98 Å². The van der Waals surface area contributed by atoms with E-state index in [2.05, 4.69) is 9.72 Å². The van der Waals surface area contributed by atoms with Gasteiger partial charge in [-0.25, -0.2) is 0 Å². The van der Waals surface area contributed by atoms with E-state index in [1.165, 1.54) is 28.6 Å². The van der Waals surface area contributed by atoms with Crippen LogP contribution in [0.4, 0.5) is 19.0 Å². The fraction of sp³-hybridized carbons (Fsp3) is 0.320. The number of alkyl halides is 3. The third kappa shape index (κ3) is 7.39. The second kappa shape index (κ2) is 12.7. The van der Waals surface area contributed by atoms with Crippen LogP contribution in [0.1, 0.15) is 29.4 Å². The summed E-state index contributed by atoms with van der Waals surface area (Å²) in [5.74, 6) is -1.04. The largest absolute Gasteiger partial charge is 0.573 e. The molecule has 0 spiro atoms. The molecule has 2 amide bonds. The van der Waals surface area contributed by atoms with E-state index in [-0.39, 0.29) is 43.0 Å². The Morgan fingerprint density at radius 2 is 1.87 bits per heavy atom. The highest BCUT2D eigenvalue weighted by Crippen LogP contribution is 2.33. The Morgan fingerprint density at radius 3 is 2.47 bits per heavy atom. The molecule has 0 radical (unpaired) electrons. The minimum Gasteiger partial charge on any atom is -0.425 e. The van der Waals surface area contributed by atoms with Gasteiger partial charge < -0.3 is 24.4 Å². The van der Waals surface area contributed by atoms with Crippen molar-refractivity contribution in [1.29, 1.82) is 0 Å². The van der Waals surface area contributed by atoms with E-state index >= 15 is 0 Å². The summed E-state index contributed by atoms with van der Waals surface area (Å²) in [6.07, 6.45) is -4.10. The van der Waals surface area contributed by atoms with Gasteiger partial charge in [0, 0.05) is 37.8 Å². The van der Waals surface area contributed by atoms with E-state index in [1.54, 1.807) is 31.2 Å². The first-order chi connectivity index (χ1) is 18.1. The molecular formula is C25H26ClF3N4O5. The van der Waals surface area contributed by atoms with Crippen LogP contribution in [0.5, 0.6) is 17.5 Å². The Morgan fingerprint density at radius 1 is 1.18 bits per heavy atom. The van der Waals surface area contributed by atoms with Gasteiger partial charge in [-0.3, -0.25) is 14.2 Å². The number of aromatic nitrogens is 2. The number of benzene rings is 2. The van der Waals surface area contributed by atoms with Crippen LogP contribution in [0.25, 0.3) is 0 Å². The lowest BCUT2D eigenvalue weighted by Crippen LogP contribution is -2.35. The summed E-state index contributed by atoms with van der Waals surface area (Å²) in [5, 5.41) is 9.75. The molecule has 0 saturated heterocycles. The first-order valence-electron chi connectivity index (χ1n) is 11.5. The van der Waals surface area contributed by atoms with E-state index < -0.39 is 18.0 Å². The SMILES string of the molecule is CCN(CCCO)C(=O)c1c(N(C)C=O)nc(Oc2cccc(OC(F)(F)F)c2)n1Cc1ccc(Cl)cc1. The van der Waals surface area contributed by atoms with E-state index in [9.17, 15) is 27.9 Å². The maximum Gasteiger partial charge on any atom is 0.573 e. The van der Waals surface area contributed by atoms with Crippen molar-refractivity contribution in [2.24, 2.45) is 0 Å². The van der Waals surface area contributed by atoms with Crippen LogP contribution < -0.4 is 14.4 Å². The van der Waals surface area contributed by atoms with Crippen LogP contribution in [0.2, 0.25) is 5.02 Å². The smallest absolute Gasteiger partial charge is 0.425 e. The number of aliphatic hydroxyl groups excluding tert-OH is 1. The zero-order valence-electron chi connectivity index (χ0n) is 20.6. The molecule has 0 aliphatic heterocycles. The second-order valence-corrected chi connectivity index (χ2v) is 8.52. The third-order valence-electron chi connectivity index (χ3n) is 5.37. The van der Waals surface area contributed by atoms with Crippen molar-refractivity contribution >= 4 is 29.7 Å². The van der Waals surface area contributed by atoms with Gasteiger partial charge in [0.15, 0.2) is 11.5 Å². The maximum absolute atomic E-state index is 13.7. The first-order valence-corrected chi connectivity index (χ1v) is 11.9. The van der Waals surface area contributed by atoms with Gasteiger partial charge in [-0.15, -0.1) is 13.2 Å². The topological polar surface area (TPSA) is 97.1 Å². The molecule has 0 saturated carbocycles. The van der Waals surface area contributed by atoms with E-state index in [4.69, 9.17) is 16.3 Å². The van der Waals surface area contributed by atoms with Crippen molar-refractivity contribution in [3.05, 3.63) is 64.8 Å². The minimum absolute atomic E-state index is 0.0147. The molecule has 2 aromatic carbocycles. The van der Waals surface area contributed by atoms with Crippen LogP contribution in [0, 0.1) is 0 Å². The summed E-state index contributed by atoms with van der Waals surface area (Å²) < 4.78 is 49.4. The summed E-state index contributed by atoms with van der Waals surface area (Å²) >= 11 is 6.01. The number of imidazole rings is 1.